The Balaban J connectivity index is 2.63. The summed E-state index contributed by atoms with van der Waals surface area (Å²) in [5.74, 6) is 0.661. The summed E-state index contributed by atoms with van der Waals surface area (Å²) in [5.41, 5.74) is 5.15. The first-order valence-electron chi connectivity index (χ1n) is 5.42. The molecule has 0 heterocycles. The quantitative estimate of drug-likeness (QED) is 0.422. The third kappa shape index (κ3) is 4.19. The maximum Gasteiger partial charge on any atom is 0.311 e. The molecule has 0 bridgehead atoms. The number of methoxy groups -OCH3 is 1. The van der Waals surface area contributed by atoms with Gasteiger partial charge < -0.3 is 19.9 Å². The summed E-state index contributed by atoms with van der Waals surface area (Å²) in [6, 6.07) is 4.33. The van der Waals surface area contributed by atoms with E-state index in [2.05, 4.69) is 0 Å². The molecule has 0 aliphatic carbocycles. The zero-order valence-corrected chi connectivity index (χ0v) is 10.1. The van der Waals surface area contributed by atoms with Gasteiger partial charge in [-0.05, 0) is 6.07 Å². The van der Waals surface area contributed by atoms with Crippen LogP contribution in [-0.2, 0) is 4.74 Å². The number of hydrogen-bond acceptors (Lipinski definition) is 6. The molecule has 2 N–H and O–H groups in total. The first-order valence-corrected chi connectivity index (χ1v) is 5.42. The van der Waals surface area contributed by atoms with Gasteiger partial charge in [0.1, 0.15) is 12.4 Å². The van der Waals surface area contributed by atoms with Crippen molar-refractivity contribution < 1.29 is 19.1 Å². The van der Waals surface area contributed by atoms with E-state index >= 15 is 0 Å². The van der Waals surface area contributed by atoms with E-state index in [9.17, 15) is 10.1 Å². The first-order chi connectivity index (χ1) is 8.69. The van der Waals surface area contributed by atoms with Crippen LogP contribution in [0.25, 0.3) is 0 Å². The Labute approximate surface area is 105 Å². The van der Waals surface area contributed by atoms with E-state index in [0.29, 0.717) is 25.5 Å². The molecule has 0 atom stereocenters. The monoisotopic (exact) mass is 256 g/mol. The summed E-state index contributed by atoms with van der Waals surface area (Å²) in [4.78, 5) is 10.3. The minimum Gasteiger partial charge on any atom is -0.497 e. The lowest BCUT2D eigenvalue weighted by atomic mass is 10.3. The number of nitrogens with two attached hydrogens (primary N) is 1. The largest absolute Gasteiger partial charge is 0.497 e. The van der Waals surface area contributed by atoms with Crippen LogP contribution in [-0.4, -0.2) is 38.4 Å². The number of rotatable bonds is 8. The van der Waals surface area contributed by atoms with Gasteiger partial charge in [0.2, 0.25) is 5.75 Å². The molecule has 0 saturated carbocycles. The molecule has 0 aromatic heterocycles. The molecule has 0 aliphatic heterocycles. The lowest BCUT2D eigenvalue weighted by molar-refractivity contribution is -0.385. The van der Waals surface area contributed by atoms with E-state index in [-0.39, 0.29) is 18.0 Å². The van der Waals surface area contributed by atoms with Crippen molar-refractivity contribution in [1.82, 2.24) is 0 Å². The third-order valence-electron chi connectivity index (χ3n) is 2.11. The van der Waals surface area contributed by atoms with Gasteiger partial charge in [0, 0.05) is 18.7 Å². The SMILES string of the molecule is COc1ccc([N+](=O)[O-])c(OCCOCCN)c1. The van der Waals surface area contributed by atoms with Gasteiger partial charge in [0.25, 0.3) is 0 Å². The van der Waals surface area contributed by atoms with Crippen LogP contribution in [0.1, 0.15) is 0 Å². The second-order valence-electron chi connectivity index (χ2n) is 3.34. The third-order valence-corrected chi connectivity index (χ3v) is 2.11. The van der Waals surface area contributed by atoms with E-state index in [1.54, 1.807) is 0 Å². The minimum atomic E-state index is -0.504. The Kier molecular flexibility index (Phi) is 5.89. The highest BCUT2D eigenvalue weighted by molar-refractivity contribution is 5.50. The van der Waals surface area contributed by atoms with Crippen molar-refractivity contribution in [3.8, 4) is 11.5 Å². The van der Waals surface area contributed by atoms with Crippen molar-refractivity contribution in [3.05, 3.63) is 28.3 Å². The number of benzene rings is 1. The standard InChI is InChI=1S/C11H16N2O5/c1-16-9-2-3-10(13(14)15)11(8-9)18-7-6-17-5-4-12/h2-3,8H,4-7,12H2,1H3. The minimum absolute atomic E-state index is 0.102. The number of ether oxygens (including phenoxy) is 3. The Morgan fingerprint density at radius 2 is 2.11 bits per heavy atom. The summed E-state index contributed by atoms with van der Waals surface area (Å²) in [5, 5.41) is 10.8. The fourth-order valence-electron chi connectivity index (χ4n) is 1.28. The molecule has 0 spiro atoms. The summed E-state index contributed by atoms with van der Waals surface area (Å²) < 4.78 is 15.4. The van der Waals surface area contributed by atoms with Crippen LogP contribution in [0.3, 0.4) is 0 Å². The molecule has 7 heteroatoms. The zero-order chi connectivity index (χ0) is 13.4. The van der Waals surface area contributed by atoms with Gasteiger partial charge in [-0.1, -0.05) is 0 Å². The molecule has 1 aromatic rings. The second kappa shape index (κ2) is 7.46. The van der Waals surface area contributed by atoms with Crippen LogP contribution in [0.15, 0.2) is 18.2 Å². The molecule has 7 nitrogen and oxygen atoms in total. The first kappa shape index (κ1) is 14.2. The smallest absolute Gasteiger partial charge is 0.311 e. The fraction of sp³-hybridized carbons (Fsp3) is 0.455. The van der Waals surface area contributed by atoms with Crippen molar-refractivity contribution in [2.75, 3.05) is 33.5 Å². The van der Waals surface area contributed by atoms with Crippen molar-refractivity contribution in [1.29, 1.82) is 0 Å². The summed E-state index contributed by atoms with van der Waals surface area (Å²) >= 11 is 0. The second-order valence-corrected chi connectivity index (χ2v) is 3.34. The van der Waals surface area contributed by atoms with E-state index in [0.717, 1.165) is 0 Å². The molecule has 0 amide bonds. The van der Waals surface area contributed by atoms with E-state index in [1.807, 2.05) is 0 Å². The molecular formula is C11H16N2O5. The topological polar surface area (TPSA) is 96.9 Å². The fourth-order valence-corrected chi connectivity index (χ4v) is 1.28. The lowest BCUT2D eigenvalue weighted by Crippen LogP contribution is -2.13. The van der Waals surface area contributed by atoms with E-state index < -0.39 is 4.92 Å². The maximum atomic E-state index is 10.8. The van der Waals surface area contributed by atoms with Crippen molar-refractivity contribution in [3.63, 3.8) is 0 Å². The Morgan fingerprint density at radius 1 is 1.33 bits per heavy atom. The average molecular weight is 256 g/mol. The van der Waals surface area contributed by atoms with E-state index in [4.69, 9.17) is 19.9 Å². The Hall–Kier alpha value is -1.86. The average Bonchev–Trinajstić information content (AvgIpc) is 2.38. The number of nitrogens with zero attached hydrogens (tertiary/aromatic N) is 1. The maximum absolute atomic E-state index is 10.8. The lowest BCUT2D eigenvalue weighted by Gasteiger charge is -2.08. The van der Waals surface area contributed by atoms with Crippen LogP contribution < -0.4 is 15.2 Å². The van der Waals surface area contributed by atoms with Crippen LogP contribution in [0.4, 0.5) is 5.69 Å². The van der Waals surface area contributed by atoms with Crippen LogP contribution >= 0.6 is 0 Å². The van der Waals surface area contributed by atoms with Crippen LogP contribution in [0, 0.1) is 10.1 Å². The van der Waals surface area contributed by atoms with Crippen LogP contribution in [0.5, 0.6) is 11.5 Å². The molecule has 0 unspecified atom stereocenters. The molecule has 0 fully saturated rings. The van der Waals surface area contributed by atoms with Crippen molar-refractivity contribution in [2.24, 2.45) is 5.73 Å². The summed E-state index contributed by atoms with van der Waals surface area (Å²) in [7, 11) is 1.48. The highest BCUT2D eigenvalue weighted by Gasteiger charge is 2.15. The van der Waals surface area contributed by atoms with Gasteiger partial charge in [0.15, 0.2) is 0 Å². The number of nitro groups is 1. The van der Waals surface area contributed by atoms with E-state index in [1.165, 1.54) is 25.3 Å². The Morgan fingerprint density at radius 3 is 2.72 bits per heavy atom. The highest BCUT2D eigenvalue weighted by atomic mass is 16.6. The van der Waals surface area contributed by atoms with Gasteiger partial charge in [-0.15, -0.1) is 0 Å². The molecule has 0 aliphatic rings. The van der Waals surface area contributed by atoms with Gasteiger partial charge >= 0.3 is 5.69 Å². The summed E-state index contributed by atoms with van der Waals surface area (Å²) in [6.07, 6.45) is 0. The van der Waals surface area contributed by atoms with Gasteiger partial charge in [0.05, 0.1) is 25.2 Å². The van der Waals surface area contributed by atoms with Gasteiger partial charge in [-0.2, -0.15) is 0 Å². The number of hydrogen-bond donors (Lipinski definition) is 1. The van der Waals surface area contributed by atoms with Crippen LogP contribution in [0.2, 0.25) is 0 Å². The molecule has 0 saturated heterocycles. The zero-order valence-electron chi connectivity index (χ0n) is 10.1. The predicted molar refractivity (Wildman–Crippen MR) is 65.0 cm³/mol. The normalized spacial score (nSPS) is 10.1. The van der Waals surface area contributed by atoms with Crippen molar-refractivity contribution in [2.45, 2.75) is 0 Å². The molecule has 1 rings (SSSR count). The summed E-state index contributed by atoms with van der Waals surface area (Å²) in [6.45, 7) is 1.41. The Bertz CT molecular complexity index is 397. The predicted octanol–water partition coefficient (Wildman–Crippen LogP) is 0.957. The molecular weight excluding hydrogens is 240 g/mol. The molecule has 100 valence electrons. The molecule has 0 radical (unpaired) electrons. The molecule has 18 heavy (non-hydrogen) atoms. The number of nitro benzene ring substituents is 1. The highest BCUT2D eigenvalue weighted by Crippen LogP contribution is 2.30. The van der Waals surface area contributed by atoms with Gasteiger partial charge in [-0.3, -0.25) is 10.1 Å². The van der Waals surface area contributed by atoms with Gasteiger partial charge in [-0.25, -0.2) is 0 Å². The van der Waals surface area contributed by atoms with Crippen molar-refractivity contribution >= 4 is 5.69 Å². The molecule has 1 aromatic carbocycles.